The number of carboxylic acid groups (broad SMARTS) is 1. The molecule has 6 atom stereocenters. The number of β-lactam (4-membered cyclic amide) rings is 2. The number of aliphatic hydroxyl groups is 2. The minimum absolute atomic E-state index is 0. The first-order chi connectivity index (χ1) is 32.4. The second-order valence-electron chi connectivity index (χ2n) is 18.3. The van der Waals surface area contributed by atoms with Crippen molar-refractivity contribution < 1.29 is 107 Å². The number of hydrogen-bond donors (Lipinski definition) is 2. The largest absolute Gasteiger partial charge is 1.00 e. The van der Waals surface area contributed by atoms with Crippen LogP contribution in [0.15, 0.2) is 59.9 Å². The zero-order valence-corrected chi connectivity index (χ0v) is 41.7. The van der Waals surface area contributed by atoms with Gasteiger partial charge in [-0.25, -0.2) is 4.79 Å². The van der Waals surface area contributed by atoms with Crippen LogP contribution < -0.4 is 44.1 Å². The van der Waals surface area contributed by atoms with Gasteiger partial charge in [0.05, 0.1) is 79.6 Å². The van der Waals surface area contributed by atoms with E-state index in [-0.39, 0.29) is 84.0 Å². The van der Waals surface area contributed by atoms with Crippen molar-refractivity contribution >= 4 is 52.7 Å². The first-order valence-corrected chi connectivity index (χ1v) is 22.6. The molecule has 2 aromatic rings. The van der Waals surface area contributed by atoms with Crippen molar-refractivity contribution in [3.05, 3.63) is 71.1 Å². The molecule has 4 amide bonds. The Kier molecular flexibility index (Phi) is 17.4. The molecule has 4 saturated heterocycles. The van der Waals surface area contributed by atoms with Gasteiger partial charge in [-0.2, -0.15) is 0 Å². The second kappa shape index (κ2) is 22.6. The maximum Gasteiger partial charge on any atom is 1.00 e. The van der Waals surface area contributed by atoms with Crippen molar-refractivity contribution in [1.82, 2.24) is 19.6 Å². The number of carbonyl (C=O) groups is 7. The summed E-state index contributed by atoms with van der Waals surface area (Å²) in [5.74, 6) is -4.00. The first kappa shape index (κ1) is 53.0. The summed E-state index contributed by atoms with van der Waals surface area (Å²) in [5.41, 5.74) is 1.54. The molecule has 0 saturated carbocycles. The van der Waals surface area contributed by atoms with E-state index in [0.29, 0.717) is 99.2 Å². The molecule has 21 heteroatoms. The van der Waals surface area contributed by atoms with Crippen LogP contribution in [0.2, 0.25) is 0 Å². The fourth-order valence-electron chi connectivity index (χ4n) is 9.06. The summed E-state index contributed by atoms with van der Waals surface area (Å²) in [6.45, 7) is 11.6. The molecule has 0 spiro atoms. The molecule has 8 rings (SSSR count). The van der Waals surface area contributed by atoms with Gasteiger partial charge in [-0.15, -0.1) is 0 Å². The zero-order valence-electron chi connectivity index (χ0n) is 39.7. The minimum Gasteiger partial charge on any atom is -0.543 e. The van der Waals surface area contributed by atoms with Crippen LogP contribution in [0, 0.1) is 17.3 Å². The van der Waals surface area contributed by atoms with Gasteiger partial charge in [-0.05, 0) is 94.0 Å². The van der Waals surface area contributed by atoms with Crippen molar-refractivity contribution in [3.63, 3.8) is 0 Å². The normalized spacial score (nSPS) is 22.7. The molecule has 0 bridgehead atoms. The molecule has 0 unspecified atom stereocenters. The van der Waals surface area contributed by atoms with Gasteiger partial charge in [-0.3, -0.25) is 24.0 Å². The number of aliphatic carboxylic acids is 1. The van der Waals surface area contributed by atoms with Crippen molar-refractivity contribution in [2.45, 2.75) is 71.8 Å². The number of fused-ring (bicyclic) bond motifs is 2. The summed E-state index contributed by atoms with van der Waals surface area (Å²) in [5, 5.41) is 31.6. The maximum absolute atomic E-state index is 13.1. The van der Waals surface area contributed by atoms with Gasteiger partial charge in [0.15, 0.2) is 13.2 Å². The zero-order chi connectivity index (χ0) is 49.0. The molecule has 2 aromatic carbocycles. The molecule has 0 radical (unpaired) electrons. The molecular formula is C48H57N4NaO16. The molecule has 0 aliphatic carbocycles. The summed E-state index contributed by atoms with van der Waals surface area (Å²) >= 11 is 0. The predicted octanol–water partition coefficient (Wildman–Crippen LogP) is -2.66. The van der Waals surface area contributed by atoms with E-state index in [4.69, 9.17) is 28.4 Å². The quantitative estimate of drug-likeness (QED) is 0.0849. The molecule has 4 fully saturated rings. The molecule has 0 aromatic heterocycles. The Morgan fingerprint density at radius 2 is 1.06 bits per heavy atom. The van der Waals surface area contributed by atoms with Gasteiger partial charge in [0.1, 0.15) is 17.2 Å². The van der Waals surface area contributed by atoms with Crippen molar-refractivity contribution in [3.8, 4) is 11.5 Å². The van der Waals surface area contributed by atoms with Crippen LogP contribution in [-0.4, -0.2) is 168 Å². The van der Waals surface area contributed by atoms with E-state index in [1.807, 2.05) is 0 Å². The molecule has 6 aliphatic heterocycles. The van der Waals surface area contributed by atoms with E-state index in [9.17, 15) is 48.9 Å². The Morgan fingerprint density at radius 1 is 0.667 bits per heavy atom. The number of carbonyl (C=O) groups excluding carboxylic acids is 7. The van der Waals surface area contributed by atoms with Crippen LogP contribution in [0.3, 0.4) is 0 Å². The van der Waals surface area contributed by atoms with E-state index in [2.05, 4.69) is 0 Å². The van der Waals surface area contributed by atoms with Gasteiger partial charge in [0, 0.05) is 26.2 Å². The number of aliphatic hydroxyl groups excluding tert-OH is 2. The molecule has 69 heavy (non-hydrogen) atoms. The number of ether oxygens (including phenoxy) is 6. The summed E-state index contributed by atoms with van der Waals surface area (Å²) < 4.78 is 32.0. The molecule has 20 nitrogen and oxygen atoms in total. The fraction of sp³-hybridized carbons (Fsp3) is 0.521. The SMILES string of the molecule is C[C@@H](O)[C@H]1C(=O)N2C(C(=O)OCOC(=O)C(C)(C)C)=C(c3ccc(OCC(=O)N4CCOCC4)cc3)C[C@H]12.C[C@@H](O)[C@H]1C(=O)N2C(C(=O)[O-])=C(c3ccc(OCC(=O)N4CCOCC4)cc3)C[C@H]12.[Na+]. The maximum atomic E-state index is 13.1. The Bertz CT molecular complexity index is 2330. The Morgan fingerprint density at radius 3 is 1.43 bits per heavy atom. The molecule has 366 valence electrons. The van der Waals surface area contributed by atoms with E-state index in [1.165, 1.54) is 16.7 Å². The standard InChI is InChI=1S/C27H34N2O9.C21H24N2O7.Na/c1-16(30)22-20-13-19(23(29(20)24(22)32)25(33)37-15-38-26(34)27(2,3)4)17-5-7-18(8-6-17)36-14-21(31)28-9-11-35-12-10-28;1-12(24)18-16-10-15(19(21(27)28)23(16)20(18)26)13-2-4-14(5-3-13)30-11-17(25)22-6-8-29-9-7-22;/h5-8,16,20,22,30H,9-15H2,1-4H3;2-5,12,16,18,24H,6-11H2,1H3,(H,27,28);/q;;+1/p-1/t16-,20-,22-;12-,16-,18-;/m11./s1. The number of carboxylic acids is 1. The van der Waals surface area contributed by atoms with Gasteiger partial charge in [-0.1, -0.05) is 24.3 Å². The van der Waals surface area contributed by atoms with Gasteiger partial charge >= 0.3 is 41.5 Å². The number of amides is 4. The van der Waals surface area contributed by atoms with E-state index < -0.39 is 60.1 Å². The molecule has 2 N–H and O–H groups in total. The summed E-state index contributed by atoms with van der Waals surface area (Å²) in [7, 11) is 0. The molecule has 6 aliphatic rings. The van der Waals surface area contributed by atoms with Gasteiger partial charge < -0.3 is 68.1 Å². The van der Waals surface area contributed by atoms with Crippen LogP contribution in [0.1, 0.15) is 58.6 Å². The van der Waals surface area contributed by atoms with Crippen LogP contribution in [0.5, 0.6) is 11.5 Å². The number of rotatable bonds is 14. The average molecular weight is 969 g/mol. The third-order valence-corrected chi connectivity index (χ3v) is 12.7. The van der Waals surface area contributed by atoms with Gasteiger partial charge in [0.2, 0.25) is 18.6 Å². The monoisotopic (exact) mass is 968 g/mol. The van der Waals surface area contributed by atoms with Crippen molar-refractivity contribution in [2.75, 3.05) is 72.6 Å². The average Bonchev–Trinajstić information content (AvgIpc) is 3.84. The van der Waals surface area contributed by atoms with Crippen LogP contribution >= 0.6 is 0 Å². The topological polar surface area (TPSA) is 251 Å². The van der Waals surface area contributed by atoms with Crippen molar-refractivity contribution in [1.29, 1.82) is 0 Å². The third-order valence-electron chi connectivity index (χ3n) is 12.7. The fourth-order valence-corrected chi connectivity index (χ4v) is 9.06. The van der Waals surface area contributed by atoms with Crippen LogP contribution in [0.25, 0.3) is 11.1 Å². The Labute approximate surface area is 421 Å². The first-order valence-electron chi connectivity index (χ1n) is 22.6. The number of esters is 2. The number of morpholine rings is 2. The molecule has 6 heterocycles. The number of hydrogen-bond acceptors (Lipinski definition) is 16. The van der Waals surface area contributed by atoms with Crippen LogP contribution in [-0.2, 0) is 52.5 Å². The summed E-state index contributed by atoms with van der Waals surface area (Å²) in [6, 6.07) is 12.8. The van der Waals surface area contributed by atoms with Gasteiger partial charge in [0.25, 0.3) is 11.8 Å². The number of nitrogens with zero attached hydrogens (tertiary/aromatic N) is 4. The van der Waals surface area contributed by atoms with E-state index in [1.54, 1.807) is 86.0 Å². The van der Waals surface area contributed by atoms with E-state index >= 15 is 0 Å². The number of benzene rings is 2. The Hall–Kier alpha value is -5.35. The summed E-state index contributed by atoms with van der Waals surface area (Å²) in [6.07, 6.45) is -1.03. The molecular weight excluding hydrogens is 912 g/mol. The van der Waals surface area contributed by atoms with E-state index in [0.717, 1.165) is 0 Å². The van der Waals surface area contributed by atoms with Crippen LogP contribution in [0.4, 0.5) is 0 Å². The second-order valence-corrected chi connectivity index (χ2v) is 18.3. The van der Waals surface area contributed by atoms with Crippen molar-refractivity contribution in [2.24, 2.45) is 17.3 Å². The Balaban J connectivity index is 0.000000229. The minimum atomic E-state index is -1.42. The predicted molar refractivity (Wildman–Crippen MR) is 235 cm³/mol. The smallest absolute Gasteiger partial charge is 0.543 e. The third kappa shape index (κ3) is 11.6. The summed E-state index contributed by atoms with van der Waals surface area (Å²) in [4.78, 5) is 92.3.